The summed E-state index contributed by atoms with van der Waals surface area (Å²) in [5.41, 5.74) is -0.773. The molecular weight excluding hydrogens is 455 g/mol. The molecule has 2 aromatic rings. The molecule has 6 nitrogen and oxygen atoms in total. The SMILES string of the molecule is O=C(Cn1cc(Br)c(=O)c([N+](=O)[O-])c1)c1ccc(I)cc1. The highest BCUT2D eigenvalue weighted by molar-refractivity contribution is 14.1. The van der Waals surface area contributed by atoms with Crippen LogP contribution in [0.25, 0.3) is 0 Å². The van der Waals surface area contributed by atoms with Crippen LogP contribution < -0.4 is 5.43 Å². The van der Waals surface area contributed by atoms with Crippen LogP contribution in [0.4, 0.5) is 5.69 Å². The molecule has 0 saturated carbocycles. The molecule has 0 saturated heterocycles. The largest absolute Gasteiger partial charge is 0.339 e. The second-order valence-electron chi connectivity index (χ2n) is 4.18. The Morgan fingerprint density at radius 2 is 1.90 bits per heavy atom. The van der Waals surface area contributed by atoms with E-state index in [2.05, 4.69) is 38.5 Å². The number of nitro groups is 1. The second-order valence-corrected chi connectivity index (χ2v) is 6.28. The van der Waals surface area contributed by atoms with Crippen LogP contribution in [0.3, 0.4) is 0 Å². The minimum atomic E-state index is -0.765. The molecule has 0 atom stereocenters. The minimum Gasteiger partial charge on any atom is -0.339 e. The van der Waals surface area contributed by atoms with Gasteiger partial charge >= 0.3 is 5.69 Å². The normalized spacial score (nSPS) is 10.4. The summed E-state index contributed by atoms with van der Waals surface area (Å²) >= 11 is 5.10. The minimum absolute atomic E-state index is 0.0483. The summed E-state index contributed by atoms with van der Waals surface area (Å²) in [6.45, 7) is -0.0830. The predicted octanol–water partition coefficient (Wildman–Crippen LogP) is 3.01. The number of Topliss-reactive ketones (excluding diaryl/α,β-unsaturated/α-hetero) is 1. The maximum atomic E-state index is 12.1. The van der Waals surface area contributed by atoms with Crippen LogP contribution in [0, 0.1) is 13.7 Å². The zero-order chi connectivity index (χ0) is 15.6. The first-order chi connectivity index (χ1) is 9.88. The number of hydrogen-bond donors (Lipinski definition) is 0. The van der Waals surface area contributed by atoms with Gasteiger partial charge in [-0.15, -0.1) is 0 Å². The summed E-state index contributed by atoms with van der Waals surface area (Å²) in [4.78, 5) is 33.7. The molecule has 0 amide bonds. The van der Waals surface area contributed by atoms with Crippen LogP contribution in [0.5, 0.6) is 0 Å². The summed E-state index contributed by atoms with van der Waals surface area (Å²) in [6.07, 6.45) is 2.43. The third-order valence-corrected chi connectivity index (χ3v) is 3.99. The Morgan fingerprint density at radius 3 is 2.48 bits per heavy atom. The fourth-order valence-electron chi connectivity index (χ4n) is 1.69. The van der Waals surface area contributed by atoms with Crippen molar-refractivity contribution < 1.29 is 9.72 Å². The molecule has 2 rings (SSSR count). The summed E-state index contributed by atoms with van der Waals surface area (Å²) < 4.78 is 2.38. The average Bonchev–Trinajstić information content (AvgIpc) is 2.43. The van der Waals surface area contributed by atoms with Crippen molar-refractivity contribution >= 4 is 50.0 Å². The third kappa shape index (κ3) is 3.76. The lowest BCUT2D eigenvalue weighted by molar-refractivity contribution is -0.386. The maximum absolute atomic E-state index is 12.1. The summed E-state index contributed by atoms with van der Waals surface area (Å²) in [7, 11) is 0. The molecule has 1 heterocycles. The highest BCUT2D eigenvalue weighted by Gasteiger charge is 2.17. The number of pyridine rings is 1. The first-order valence-electron chi connectivity index (χ1n) is 5.71. The number of carbonyl (C=O) groups excluding carboxylic acids is 1. The Morgan fingerprint density at radius 1 is 1.29 bits per heavy atom. The first kappa shape index (κ1) is 15.8. The van der Waals surface area contributed by atoms with E-state index in [1.165, 1.54) is 10.8 Å². The van der Waals surface area contributed by atoms with Crippen LogP contribution in [-0.4, -0.2) is 15.3 Å². The Labute approximate surface area is 141 Å². The average molecular weight is 463 g/mol. The number of hydrogen-bond acceptors (Lipinski definition) is 4. The van der Waals surface area contributed by atoms with E-state index in [-0.39, 0.29) is 16.8 Å². The van der Waals surface area contributed by atoms with E-state index in [0.717, 1.165) is 9.77 Å². The van der Waals surface area contributed by atoms with Crippen LogP contribution in [0.15, 0.2) is 45.9 Å². The zero-order valence-electron chi connectivity index (χ0n) is 10.5. The van der Waals surface area contributed by atoms with Crippen molar-refractivity contribution in [3.05, 3.63) is 70.6 Å². The molecule has 0 aliphatic heterocycles. The number of nitrogens with zero attached hydrogens (tertiary/aromatic N) is 2. The van der Waals surface area contributed by atoms with Crippen molar-refractivity contribution in [2.75, 3.05) is 0 Å². The number of halogens is 2. The van der Waals surface area contributed by atoms with Gasteiger partial charge < -0.3 is 4.57 Å². The van der Waals surface area contributed by atoms with Crippen LogP contribution in [0.2, 0.25) is 0 Å². The summed E-state index contributed by atoms with van der Waals surface area (Å²) in [6, 6.07) is 6.99. The van der Waals surface area contributed by atoms with Gasteiger partial charge in [-0.3, -0.25) is 19.7 Å². The molecule has 0 unspecified atom stereocenters. The number of rotatable bonds is 4. The standard InChI is InChI=1S/C13H8BrIN2O4/c14-10-5-16(6-11(13(10)19)17(20)21)7-12(18)8-1-3-9(15)4-2-8/h1-6H,7H2. The van der Waals surface area contributed by atoms with Gasteiger partial charge in [0, 0.05) is 15.3 Å². The Bertz CT molecular complexity index is 771. The van der Waals surface area contributed by atoms with E-state index < -0.39 is 16.0 Å². The van der Waals surface area contributed by atoms with E-state index in [1.54, 1.807) is 24.3 Å². The fraction of sp³-hybridized carbons (Fsp3) is 0.0769. The predicted molar refractivity (Wildman–Crippen MR) is 88.5 cm³/mol. The maximum Gasteiger partial charge on any atom is 0.333 e. The molecule has 21 heavy (non-hydrogen) atoms. The molecule has 0 aliphatic rings. The third-order valence-electron chi connectivity index (χ3n) is 2.71. The van der Waals surface area contributed by atoms with Crippen molar-refractivity contribution in [1.29, 1.82) is 0 Å². The summed E-state index contributed by atoms with van der Waals surface area (Å²) in [5.74, 6) is -0.198. The van der Waals surface area contributed by atoms with E-state index >= 15 is 0 Å². The molecular formula is C13H8BrIN2O4. The molecule has 1 aromatic carbocycles. The summed E-state index contributed by atoms with van der Waals surface area (Å²) in [5, 5.41) is 10.8. The van der Waals surface area contributed by atoms with E-state index in [1.807, 2.05) is 0 Å². The van der Waals surface area contributed by atoms with Crippen LogP contribution in [-0.2, 0) is 6.54 Å². The molecule has 0 radical (unpaired) electrons. The topological polar surface area (TPSA) is 82.2 Å². The number of benzene rings is 1. The molecule has 0 N–H and O–H groups in total. The fourth-order valence-corrected chi connectivity index (χ4v) is 2.52. The highest BCUT2D eigenvalue weighted by Crippen LogP contribution is 2.13. The molecule has 1 aromatic heterocycles. The van der Waals surface area contributed by atoms with Gasteiger partial charge in [-0.25, -0.2) is 0 Å². The Kier molecular flexibility index (Phi) is 4.88. The van der Waals surface area contributed by atoms with Gasteiger partial charge in [-0.05, 0) is 50.7 Å². The number of carbonyl (C=O) groups is 1. The van der Waals surface area contributed by atoms with Gasteiger partial charge in [0.25, 0.3) is 5.43 Å². The van der Waals surface area contributed by atoms with Crippen molar-refractivity contribution in [3.8, 4) is 0 Å². The molecule has 0 spiro atoms. The molecule has 108 valence electrons. The second kappa shape index (κ2) is 6.48. The lowest BCUT2D eigenvalue weighted by atomic mass is 10.1. The quantitative estimate of drug-likeness (QED) is 0.302. The van der Waals surface area contributed by atoms with Crippen LogP contribution >= 0.6 is 38.5 Å². The molecule has 0 aliphatic carbocycles. The molecule has 0 fully saturated rings. The molecule has 0 bridgehead atoms. The monoisotopic (exact) mass is 462 g/mol. The highest BCUT2D eigenvalue weighted by atomic mass is 127. The van der Waals surface area contributed by atoms with Crippen LogP contribution in [0.1, 0.15) is 10.4 Å². The lowest BCUT2D eigenvalue weighted by Crippen LogP contribution is -2.16. The van der Waals surface area contributed by atoms with Crippen molar-refractivity contribution in [2.24, 2.45) is 0 Å². The lowest BCUT2D eigenvalue weighted by Gasteiger charge is -2.06. The van der Waals surface area contributed by atoms with Gasteiger partial charge in [-0.1, -0.05) is 12.1 Å². The van der Waals surface area contributed by atoms with Gasteiger partial charge in [0.05, 0.1) is 22.1 Å². The van der Waals surface area contributed by atoms with Crippen molar-refractivity contribution in [1.82, 2.24) is 4.57 Å². The zero-order valence-corrected chi connectivity index (χ0v) is 14.2. The molecule has 8 heteroatoms. The number of aromatic nitrogens is 1. The smallest absolute Gasteiger partial charge is 0.333 e. The Balaban J connectivity index is 2.31. The van der Waals surface area contributed by atoms with E-state index in [9.17, 15) is 19.7 Å². The first-order valence-corrected chi connectivity index (χ1v) is 7.58. The van der Waals surface area contributed by atoms with Gasteiger partial charge in [0.15, 0.2) is 5.78 Å². The van der Waals surface area contributed by atoms with E-state index in [4.69, 9.17) is 0 Å². The van der Waals surface area contributed by atoms with Crippen molar-refractivity contribution in [3.63, 3.8) is 0 Å². The number of ketones is 1. The van der Waals surface area contributed by atoms with Crippen molar-refractivity contribution in [2.45, 2.75) is 6.54 Å². The van der Waals surface area contributed by atoms with Gasteiger partial charge in [-0.2, -0.15) is 0 Å². The van der Waals surface area contributed by atoms with Gasteiger partial charge in [0.1, 0.15) is 0 Å². The van der Waals surface area contributed by atoms with E-state index in [0.29, 0.717) is 5.56 Å². The Hall–Kier alpha value is -1.55. The van der Waals surface area contributed by atoms with Gasteiger partial charge in [0.2, 0.25) is 0 Å².